The van der Waals surface area contributed by atoms with E-state index in [-0.39, 0.29) is 0 Å². The van der Waals surface area contributed by atoms with Gasteiger partial charge in [-0.3, -0.25) is 0 Å². The number of hydrogen-bond acceptors (Lipinski definition) is 3. The summed E-state index contributed by atoms with van der Waals surface area (Å²) in [5.74, 6) is 0.879. The summed E-state index contributed by atoms with van der Waals surface area (Å²) in [4.78, 5) is 0. The average molecular weight is 205 g/mol. The summed E-state index contributed by atoms with van der Waals surface area (Å²) in [6.07, 6.45) is 3.90. The SMILES string of the molecule is COc1cc2c(cc1/C=C/CN)COC2. The van der Waals surface area contributed by atoms with Crippen molar-refractivity contribution in [1.29, 1.82) is 0 Å². The van der Waals surface area contributed by atoms with E-state index in [0.29, 0.717) is 19.8 Å². The van der Waals surface area contributed by atoms with E-state index >= 15 is 0 Å². The maximum Gasteiger partial charge on any atom is 0.126 e. The van der Waals surface area contributed by atoms with Crippen LogP contribution in [0.3, 0.4) is 0 Å². The molecular weight excluding hydrogens is 190 g/mol. The van der Waals surface area contributed by atoms with Gasteiger partial charge in [-0.05, 0) is 23.3 Å². The van der Waals surface area contributed by atoms with Crippen molar-refractivity contribution in [2.75, 3.05) is 13.7 Å². The molecule has 15 heavy (non-hydrogen) atoms. The Labute approximate surface area is 89.5 Å². The van der Waals surface area contributed by atoms with Gasteiger partial charge in [0.25, 0.3) is 0 Å². The van der Waals surface area contributed by atoms with Crippen LogP contribution in [0.1, 0.15) is 16.7 Å². The molecule has 0 bridgehead atoms. The van der Waals surface area contributed by atoms with Gasteiger partial charge < -0.3 is 15.2 Å². The average Bonchev–Trinajstić information content (AvgIpc) is 2.71. The van der Waals surface area contributed by atoms with E-state index in [1.54, 1.807) is 7.11 Å². The lowest BCUT2D eigenvalue weighted by molar-refractivity contribution is 0.134. The zero-order chi connectivity index (χ0) is 10.7. The maximum atomic E-state index is 5.43. The number of benzene rings is 1. The predicted molar refractivity (Wildman–Crippen MR) is 59.6 cm³/mol. The van der Waals surface area contributed by atoms with Gasteiger partial charge in [0.2, 0.25) is 0 Å². The number of methoxy groups -OCH3 is 1. The molecular formula is C12H15NO2. The summed E-state index contributed by atoms with van der Waals surface area (Å²) in [6.45, 7) is 1.92. The summed E-state index contributed by atoms with van der Waals surface area (Å²) in [6, 6.07) is 4.14. The molecule has 80 valence electrons. The van der Waals surface area contributed by atoms with Crippen LogP contribution in [-0.4, -0.2) is 13.7 Å². The van der Waals surface area contributed by atoms with Gasteiger partial charge >= 0.3 is 0 Å². The van der Waals surface area contributed by atoms with E-state index in [1.165, 1.54) is 11.1 Å². The molecule has 0 amide bonds. The molecule has 0 saturated carbocycles. The lowest BCUT2D eigenvalue weighted by atomic mass is 10.0. The minimum Gasteiger partial charge on any atom is -0.496 e. The molecule has 2 rings (SSSR count). The van der Waals surface area contributed by atoms with Crippen LogP contribution in [-0.2, 0) is 18.0 Å². The molecule has 0 aliphatic carbocycles. The second-order valence-electron chi connectivity index (χ2n) is 3.49. The van der Waals surface area contributed by atoms with Crippen LogP contribution in [0.15, 0.2) is 18.2 Å². The van der Waals surface area contributed by atoms with Crippen LogP contribution in [0.5, 0.6) is 5.75 Å². The molecule has 1 aromatic carbocycles. The van der Waals surface area contributed by atoms with Crippen molar-refractivity contribution in [3.8, 4) is 5.75 Å². The fourth-order valence-corrected chi connectivity index (χ4v) is 1.73. The summed E-state index contributed by atoms with van der Waals surface area (Å²) >= 11 is 0. The van der Waals surface area contributed by atoms with E-state index in [4.69, 9.17) is 15.2 Å². The number of nitrogens with two attached hydrogens (primary N) is 1. The third kappa shape index (κ3) is 2.03. The molecule has 0 saturated heterocycles. The standard InChI is InChI=1S/C12H15NO2/c1-14-12-6-11-8-15-7-10(11)5-9(12)3-2-4-13/h2-3,5-6H,4,7-8,13H2,1H3/b3-2+. The van der Waals surface area contributed by atoms with E-state index in [0.717, 1.165) is 11.3 Å². The normalized spacial score (nSPS) is 14.5. The molecule has 0 unspecified atom stereocenters. The Bertz CT molecular complexity index is 385. The summed E-state index contributed by atoms with van der Waals surface area (Å²) in [5.41, 5.74) is 8.95. The highest BCUT2D eigenvalue weighted by atomic mass is 16.5. The molecule has 0 aromatic heterocycles. The first kappa shape index (κ1) is 10.2. The Morgan fingerprint density at radius 3 is 2.80 bits per heavy atom. The van der Waals surface area contributed by atoms with Crippen LogP contribution >= 0.6 is 0 Å². The number of ether oxygens (including phenoxy) is 2. The first-order valence-corrected chi connectivity index (χ1v) is 4.99. The minimum absolute atomic E-state index is 0.538. The third-order valence-corrected chi connectivity index (χ3v) is 2.50. The Morgan fingerprint density at radius 1 is 1.40 bits per heavy atom. The quantitative estimate of drug-likeness (QED) is 0.816. The van der Waals surface area contributed by atoms with Crippen molar-refractivity contribution in [2.24, 2.45) is 5.73 Å². The van der Waals surface area contributed by atoms with Crippen molar-refractivity contribution in [3.05, 3.63) is 34.9 Å². The smallest absolute Gasteiger partial charge is 0.126 e. The topological polar surface area (TPSA) is 44.5 Å². The van der Waals surface area contributed by atoms with Crippen LogP contribution in [0.4, 0.5) is 0 Å². The largest absolute Gasteiger partial charge is 0.496 e. The van der Waals surface area contributed by atoms with Crippen LogP contribution in [0.25, 0.3) is 6.08 Å². The zero-order valence-electron chi connectivity index (χ0n) is 8.82. The molecule has 1 heterocycles. The van der Waals surface area contributed by atoms with Crippen molar-refractivity contribution in [1.82, 2.24) is 0 Å². The van der Waals surface area contributed by atoms with Gasteiger partial charge in [-0.1, -0.05) is 12.2 Å². The first-order chi connectivity index (χ1) is 7.35. The second-order valence-corrected chi connectivity index (χ2v) is 3.49. The Kier molecular flexibility index (Phi) is 3.04. The summed E-state index contributed by atoms with van der Waals surface area (Å²) < 4.78 is 10.7. The molecule has 0 fully saturated rings. The Balaban J connectivity index is 2.39. The Morgan fingerprint density at radius 2 is 2.13 bits per heavy atom. The second kappa shape index (κ2) is 4.47. The predicted octanol–water partition coefficient (Wildman–Crippen LogP) is 1.70. The van der Waals surface area contributed by atoms with Crippen LogP contribution < -0.4 is 10.5 Å². The summed E-state index contributed by atoms with van der Waals surface area (Å²) in [7, 11) is 1.68. The van der Waals surface area contributed by atoms with E-state index in [2.05, 4.69) is 6.07 Å². The van der Waals surface area contributed by atoms with Gasteiger partial charge in [0.1, 0.15) is 5.75 Å². The van der Waals surface area contributed by atoms with E-state index in [1.807, 2.05) is 18.2 Å². The zero-order valence-corrected chi connectivity index (χ0v) is 8.82. The highest BCUT2D eigenvalue weighted by Crippen LogP contribution is 2.29. The lowest BCUT2D eigenvalue weighted by Gasteiger charge is -2.07. The van der Waals surface area contributed by atoms with Gasteiger partial charge in [0.05, 0.1) is 20.3 Å². The highest BCUT2D eigenvalue weighted by molar-refractivity contribution is 5.60. The number of hydrogen-bond donors (Lipinski definition) is 1. The molecule has 3 nitrogen and oxygen atoms in total. The van der Waals surface area contributed by atoms with Gasteiger partial charge in [0.15, 0.2) is 0 Å². The molecule has 0 radical (unpaired) electrons. The fourth-order valence-electron chi connectivity index (χ4n) is 1.73. The van der Waals surface area contributed by atoms with Crippen molar-refractivity contribution in [2.45, 2.75) is 13.2 Å². The third-order valence-electron chi connectivity index (χ3n) is 2.50. The Hall–Kier alpha value is -1.32. The van der Waals surface area contributed by atoms with Crippen LogP contribution in [0, 0.1) is 0 Å². The molecule has 2 N–H and O–H groups in total. The molecule has 0 atom stereocenters. The number of fused-ring (bicyclic) bond motifs is 1. The molecule has 0 spiro atoms. The molecule has 1 aliphatic rings. The minimum atomic E-state index is 0.538. The summed E-state index contributed by atoms with van der Waals surface area (Å²) in [5, 5.41) is 0. The van der Waals surface area contributed by atoms with E-state index < -0.39 is 0 Å². The molecule has 1 aliphatic heterocycles. The lowest BCUT2D eigenvalue weighted by Crippen LogP contribution is -1.94. The van der Waals surface area contributed by atoms with Gasteiger partial charge in [-0.2, -0.15) is 0 Å². The maximum absolute atomic E-state index is 5.43. The number of rotatable bonds is 3. The van der Waals surface area contributed by atoms with Crippen molar-refractivity contribution < 1.29 is 9.47 Å². The van der Waals surface area contributed by atoms with E-state index in [9.17, 15) is 0 Å². The highest BCUT2D eigenvalue weighted by Gasteiger charge is 2.14. The first-order valence-electron chi connectivity index (χ1n) is 4.99. The van der Waals surface area contributed by atoms with Crippen molar-refractivity contribution >= 4 is 6.08 Å². The fraction of sp³-hybridized carbons (Fsp3) is 0.333. The molecule has 3 heteroatoms. The van der Waals surface area contributed by atoms with Gasteiger partial charge in [-0.25, -0.2) is 0 Å². The van der Waals surface area contributed by atoms with Crippen LogP contribution in [0.2, 0.25) is 0 Å². The van der Waals surface area contributed by atoms with Gasteiger partial charge in [0, 0.05) is 12.1 Å². The van der Waals surface area contributed by atoms with Crippen molar-refractivity contribution in [3.63, 3.8) is 0 Å². The monoisotopic (exact) mass is 205 g/mol. The van der Waals surface area contributed by atoms with Gasteiger partial charge in [-0.15, -0.1) is 0 Å². The molecule has 1 aromatic rings.